The molecule has 0 spiro atoms. The van der Waals surface area contributed by atoms with E-state index in [0.29, 0.717) is 12.3 Å². The number of hydrogen-bond acceptors (Lipinski definition) is 4. The number of nitrogens with one attached hydrogen (secondary N) is 1. The summed E-state index contributed by atoms with van der Waals surface area (Å²) in [6, 6.07) is 25.5. The second-order valence-corrected chi connectivity index (χ2v) is 7.51. The minimum Gasteiger partial charge on any atom is -0.489 e. The van der Waals surface area contributed by atoms with Crippen molar-refractivity contribution < 1.29 is 9.53 Å². The Balaban J connectivity index is 1.39. The number of aromatic nitrogens is 1. The van der Waals surface area contributed by atoms with Gasteiger partial charge in [0, 0.05) is 16.6 Å². The van der Waals surface area contributed by atoms with Gasteiger partial charge in [0.15, 0.2) is 0 Å². The maximum Gasteiger partial charge on any atom is 0.275 e. The molecule has 0 unspecified atom stereocenters. The lowest BCUT2D eigenvalue weighted by Gasteiger charge is -2.06. The Morgan fingerprint density at radius 3 is 2.41 bits per heavy atom. The zero-order chi connectivity index (χ0) is 20.1. The van der Waals surface area contributed by atoms with Crippen LogP contribution in [0.3, 0.4) is 0 Å². The summed E-state index contributed by atoms with van der Waals surface area (Å²) in [5.74, 6) is 0.589. The van der Waals surface area contributed by atoms with Crippen molar-refractivity contribution in [3.8, 4) is 16.3 Å². The van der Waals surface area contributed by atoms with Crippen molar-refractivity contribution in [2.75, 3.05) is 5.32 Å². The van der Waals surface area contributed by atoms with Gasteiger partial charge in [0.1, 0.15) is 23.1 Å². The summed E-state index contributed by atoms with van der Waals surface area (Å²) in [6.45, 7) is 2.54. The van der Waals surface area contributed by atoms with Crippen molar-refractivity contribution >= 4 is 22.9 Å². The van der Waals surface area contributed by atoms with E-state index in [1.54, 1.807) is 5.38 Å². The largest absolute Gasteiger partial charge is 0.489 e. The predicted octanol–water partition coefficient (Wildman–Crippen LogP) is 5.95. The number of nitrogens with zero attached hydrogens (tertiary/aromatic N) is 1. The van der Waals surface area contributed by atoms with E-state index in [-0.39, 0.29) is 5.91 Å². The Labute approximate surface area is 173 Å². The first-order valence-corrected chi connectivity index (χ1v) is 10.2. The quantitative estimate of drug-likeness (QED) is 0.435. The summed E-state index contributed by atoms with van der Waals surface area (Å²) in [4.78, 5) is 16.9. The Morgan fingerprint density at radius 1 is 0.966 bits per heavy atom. The van der Waals surface area contributed by atoms with Gasteiger partial charge in [-0.05, 0) is 48.9 Å². The number of amides is 1. The first kappa shape index (κ1) is 18.9. The van der Waals surface area contributed by atoms with Crippen LogP contribution in [0, 0.1) is 6.92 Å². The van der Waals surface area contributed by atoms with Crippen LogP contribution < -0.4 is 10.1 Å². The number of benzene rings is 3. The second-order valence-electron chi connectivity index (χ2n) is 6.66. The molecule has 0 bridgehead atoms. The third kappa shape index (κ3) is 4.89. The van der Waals surface area contributed by atoms with Crippen LogP contribution in [-0.2, 0) is 6.61 Å². The Bertz CT molecular complexity index is 1090. The fourth-order valence-corrected chi connectivity index (χ4v) is 3.58. The van der Waals surface area contributed by atoms with Gasteiger partial charge < -0.3 is 10.1 Å². The molecule has 0 saturated heterocycles. The molecule has 5 heteroatoms. The lowest BCUT2D eigenvalue weighted by molar-refractivity contribution is 0.102. The second kappa shape index (κ2) is 8.71. The average Bonchev–Trinajstić information content (AvgIpc) is 3.25. The molecule has 0 aliphatic carbocycles. The lowest BCUT2D eigenvalue weighted by Crippen LogP contribution is -2.12. The molecule has 1 N–H and O–H groups in total. The number of rotatable bonds is 6. The third-order valence-corrected chi connectivity index (χ3v) is 5.29. The predicted molar refractivity (Wildman–Crippen MR) is 117 cm³/mol. The minimum atomic E-state index is -0.209. The van der Waals surface area contributed by atoms with Crippen molar-refractivity contribution in [1.82, 2.24) is 4.98 Å². The third-order valence-electron chi connectivity index (χ3n) is 4.40. The van der Waals surface area contributed by atoms with E-state index in [4.69, 9.17) is 4.74 Å². The normalized spacial score (nSPS) is 10.5. The Hall–Kier alpha value is -3.44. The minimum absolute atomic E-state index is 0.209. The van der Waals surface area contributed by atoms with Crippen molar-refractivity contribution in [3.63, 3.8) is 0 Å². The summed E-state index contributed by atoms with van der Waals surface area (Å²) >= 11 is 1.45. The van der Waals surface area contributed by atoms with Crippen molar-refractivity contribution in [2.45, 2.75) is 13.5 Å². The van der Waals surface area contributed by atoms with Crippen LogP contribution >= 0.6 is 11.3 Å². The summed E-state index contributed by atoms with van der Waals surface area (Å²) in [6.07, 6.45) is 0. The Kier molecular flexibility index (Phi) is 5.68. The molecule has 4 nitrogen and oxygen atoms in total. The van der Waals surface area contributed by atoms with Crippen LogP contribution in [0.1, 0.15) is 21.6 Å². The van der Waals surface area contributed by atoms with E-state index in [2.05, 4.69) is 10.3 Å². The van der Waals surface area contributed by atoms with Crippen molar-refractivity contribution in [2.24, 2.45) is 0 Å². The fourth-order valence-electron chi connectivity index (χ4n) is 2.78. The van der Waals surface area contributed by atoms with E-state index in [1.807, 2.05) is 85.8 Å². The number of hydrogen-bond donors (Lipinski definition) is 1. The molecule has 0 aliphatic rings. The van der Waals surface area contributed by atoms with Crippen LogP contribution in [0.25, 0.3) is 10.6 Å². The molecular weight excluding hydrogens is 380 g/mol. The molecule has 0 aliphatic heterocycles. The molecule has 1 aromatic heterocycles. The van der Waals surface area contributed by atoms with Gasteiger partial charge in [-0.2, -0.15) is 0 Å². The summed E-state index contributed by atoms with van der Waals surface area (Å²) in [5, 5.41) is 5.45. The van der Waals surface area contributed by atoms with Gasteiger partial charge in [0.25, 0.3) is 5.91 Å². The van der Waals surface area contributed by atoms with E-state index in [1.165, 1.54) is 11.3 Å². The maximum atomic E-state index is 12.4. The number of carbonyl (C=O) groups excluding carboxylic acids is 1. The van der Waals surface area contributed by atoms with E-state index in [0.717, 1.165) is 33.1 Å². The van der Waals surface area contributed by atoms with Crippen LogP contribution in [0.5, 0.6) is 5.75 Å². The summed E-state index contributed by atoms with van der Waals surface area (Å²) in [5.41, 5.74) is 4.40. The monoisotopic (exact) mass is 400 g/mol. The molecule has 0 atom stereocenters. The van der Waals surface area contributed by atoms with Crippen molar-refractivity contribution in [3.05, 3.63) is 101 Å². The summed E-state index contributed by atoms with van der Waals surface area (Å²) in [7, 11) is 0. The smallest absolute Gasteiger partial charge is 0.275 e. The highest BCUT2D eigenvalue weighted by Gasteiger charge is 2.12. The standard InChI is InChI=1S/C24H20N2O2S/c1-17-7-11-20(12-8-17)25-23(27)22-16-29-24(26-22)19-9-13-21(14-10-19)28-15-18-5-3-2-4-6-18/h2-14,16H,15H2,1H3,(H,25,27). The zero-order valence-corrected chi connectivity index (χ0v) is 16.8. The van der Waals surface area contributed by atoms with E-state index in [9.17, 15) is 4.79 Å². The topological polar surface area (TPSA) is 51.2 Å². The molecule has 1 amide bonds. The molecule has 0 saturated carbocycles. The van der Waals surface area contributed by atoms with Gasteiger partial charge in [-0.1, -0.05) is 48.0 Å². The highest BCUT2D eigenvalue weighted by molar-refractivity contribution is 7.13. The zero-order valence-electron chi connectivity index (χ0n) is 16.0. The van der Waals surface area contributed by atoms with Gasteiger partial charge in [0.05, 0.1) is 0 Å². The van der Waals surface area contributed by atoms with Gasteiger partial charge in [0.2, 0.25) is 0 Å². The van der Waals surface area contributed by atoms with Crippen molar-refractivity contribution in [1.29, 1.82) is 0 Å². The van der Waals surface area contributed by atoms with Crippen LogP contribution in [-0.4, -0.2) is 10.9 Å². The highest BCUT2D eigenvalue weighted by Crippen LogP contribution is 2.26. The molecule has 1 heterocycles. The van der Waals surface area contributed by atoms with Gasteiger partial charge >= 0.3 is 0 Å². The number of thiazole rings is 1. The van der Waals surface area contributed by atoms with Gasteiger partial charge in [-0.3, -0.25) is 4.79 Å². The summed E-state index contributed by atoms with van der Waals surface area (Å²) < 4.78 is 5.82. The molecular formula is C24H20N2O2S. The number of anilines is 1. The maximum absolute atomic E-state index is 12.4. The molecule has 0 fully saturated rings. The molecule has 144 valence electrons. The molecule has 4 aromatic rings. The van der Waals surface area contributed by atoms with E-state index < -0.39 is 0 Å². The van der Waals surface area contributed by atoms with Gasteiger partial charge in [-0.25, -0.2) is 4.98 Å². The highest BCUT2D eigenvalue weighted by atomic mass is 32.1. The first-order valence-electron chi connectivity index (χ1n) is 9.28. The Morgan fingerprint density at radius 2 is 1.69 bits per heavy atom. The number of aryl methyl sites for hydroxylation is 1. The molecule has 3 aromatic carbocycles. The number of carbonyl (C=O) groups is 1. The number of ether oxygens (including phenoxy) is 1. The average molecular weight is 401 g/mol. The molecule has 29 heavy (non-hydrogen) atoms. The molecule has 4 rings (SSSR count). The lowest BCUT2D eigenvalue weighted by atomic mass is 10.2. The van der Waals surface area contributed by atoms with Gasteiger partial charge in [-0.15, -0.1) is 11.3 Å². The van der Waals surface area contributed by atoms with Crippen LogP contribution in [0.2, 0.25) is 0 Å². The fraction of sp³-hybridized carbons (Fsp3) is 0.0833. The first-order chi connectivity index (χ1) is 14.2. The SMILES string of the molecule is Cc1ccc(NC(=O)c2csc(-c3ccc(OCc4ccccc4)cc3)n2)cc1. The molecule has 0 radical (unpaired) electrons. The van der Waals surface area contributed by atoms with E-state index >= 15 is 0 Å². The van der Waals surface area contributed by atoms with Crippen LogP contribution in [0.4, 0.5) is 5.69 Å². The van der Waals surface area contributed by atoms with Crippen LogP contribution in [0.15, 0.2) is 84.2 Å².